The summed E-state index contributed by atoms with van der Waals surface area (Å²) in [7, 11) is 0. The normalized spacial score (nSPS) is 17.0. The lowest BCUT2D eigenvalue weighted by molar-refractivity contribution is -0.132. The van der Waals surface area contributed by atoms with E-state index in [0.29, 0.717) is 17.1 Å². The van der Waals surface area contributed by atoms with E-state index in [1.165, 1.54) is 12.1 Å². The van der Waals surface area contributed by atoms with E-state index in [1.807, 2.05) is 36.4 Å². The number of hydrogen-bond acceptors (Lipinski definition) is 3. The molecule has 2 aliphatic rings. The van der Waals surface area contributed by atoms with Gasteiger partial charge in [0.15, 0.2) is 11.5 Å². The molecule has 1 unspecified atom stereocenters. The van der Waals surface area contributed by atoms with Crippen LogP contribution in [-0.2, 0) is 4.79 Å². The molecule has 1 heterocycles. The molecule has 0 fully saturated rings. The number of hydrogen-bond donors (Lipinski definition) is 1. The average Bonchev–Trinajstić information content (AvgIpc) is 3.30. The van der Waals surface area contributed by atoms with E-state index >= 15 is 0 Å². The number of fused-ring (bicyclic) bond motifs is 2. The van der Waals surface area contributed by atoms with Crippen LogP contribution < -0.4 is 9.47 Å². The van der Waals surface area contributed by atoms with Gasteiger partial charge in [-0.05, 0) is 46.5 Å². The molecule has 0 saturated carbocycles. The molecule has 1 N–H and O–H groups in total. The summed E-state index contributed by atoms with van der Waals surface area (Å²) < 4.78 is 24.3. The van der Waals surface area contributed by atoms with E-state index < -0.39 is 11.9 Å². The highest BCUT2D eigenvalue weighted by Crippen LogP contribution is 2.49. The summed E-state index contributed by atoms with van der Waals surface area (Å²) in [6.45, 7) is 0.151. The van der Waals surface area contributed by atoms with Crippen molar-refractivity contribution >= 4 is 11.5 Å². The number of carbonyl (C=O) groups is 1. The zero-order valence-electron chi connectivity index (χ0n) is 14.7. The summed E-state index contributed by atoms with van der Waals surface area (Å²) in [4.78, 5) is 12.4. The number of aliphatic carboxylic acids is 1. The molecule has 3 aromatic carbocycles. The molecule has 1 atom stereocenters. The molecule has 138 valence electrons. The fraction of sp³-hybridized carbons (Fsp3) is 0.0870. The van der Waals surface area contributed by atoms with Gasteiger partial charge in [0.25, 0.3) is 0 Å². The van der Waals surface area contributed by atoms with Gasteiger partial charge in [-0.1, -0.05) is 42.5 Å². The summed E-state index contributed by atoms with van der Waals surface area (Å²) in [5, 5.41) is 10.1. The maximum atomic E-state index is 13.4. The van der Waals surface area contributed by atoms with Gasteiger partial charge in [0.05, 0.1) is 5.57 Å². The first-order valence-electron chi connectivity index (χ1n) is 8.86. The molecule has 0 amide bonds. The second-order valence-corrected chi connectivity index (χ2v) is 6.73. The van der Waals surface area contributed by atoms with Crippen molar-refractivity contribution in [2.45, 2.75) is 5.92 Å². The topological polar surface area (TPSA) is 55.8 Å². The van der Waals surface area contributed by atoms with Crippen LogP contribution in [0.5, 0.6) is 11.5 Å². The van der Waals surface area contributed by atoms with Gasteiger partial charge in [0, 0.05) is 11.5 Å². The minimum absolute atomic E-state index is 0.151. The van der Waals surface area contributed by atoms with E-state index in [0.717, 1.165) is 22.3 Å². The molecule has 3 aromatic rings. The van der Waals surface area contributed by atoms with Crippen molar-refractivity contribution in [3.8, 4) is 11.5 Å². The Morgan fingerprint density at radius 1 is 0.964 bits per heavy atom. The van der Waals surface area contributed by atoms with Crippen LogP contribution in [0.1, 0.15) is 28.2 Å². The second kappa shape index (κ2) is 6.23. The molecule has 0 aromatic heterocycles. The van der Waals surface area contributed by atoms with Crippen LogP contribution in [0.25, 0.3) is 5.57 Å². The summed E-state index contributed by atoms with van der Waals surface area (Å²) >= 11 is 0. The third kappa shape index (κ3) is 2.47. The lowest BCUT2D eigenvalue weighted by atomic mass is 9.88. The Balaban J connectivity index is 1.76. The number of ether oxygens (including phenoxy) is 2. The summed E-state index contributed by atoms with van der Waals surface area (Å²) in [5.41, 5.74) is 4.15. The molecule has 5 heteroatoms. The molecule has 0 saturated heterocycles. The zero-order valence-corrected chi connectivity index (χ0v) is 14.7. The van der Waals surface area contributed by atoms with E-state index in [4.69, 9.17) is 9.47 Å². The van der Waals surface area contributed by atoms with Crippen LogP contribution in [0.3, 0.4) is 0 Å². The number of halogens is 1. The highest BCUT2D eigenvalue weighted by Gasteiger charge is 2.37. The van der Waals surface area contributed by atoms with E-state index in [1.54, 1.807) is 18.2 Å². The van der Waals surface area contributed by atoms with Crippen LogP contribution in [0.15, 0.2) is 72.3 Å². The highest BCUT2D eigenvalue weighted by atomic mass is 19.1. The van der Waals surface area contributed by atoms with Crippen molar-refractivity contribution in [1.82, 2.24) is 0 Å². The van der Waals surface area contributed by atoms with Crippen LogP contribution >= 0.6 is 0 Å². The van der Waals surface area contributed by atoms with E-state index in [2.05, 4.69) is 0 Å². The van der Waals surface area contributed by atoms with Gasteiger partial charge in [0.2, 0.25) is 6.79 Å². The van der Waals surface area contributed by atoms with Gasteiger partial charge < -0.3 is 14.6 Å². The van der Waals surface area contributed by atoms with Crippen molar-refractivity contribution in [3.05, 3.63) is 100 Å². The maximum Gasteiger partial charge on any atom is 0.333 e. The Morgan fingerprint density at radius 3 is 2.50 bits per heavy atom. The number of carboxylic acid groups (broad SMARTS) is 1. The van der Waals surface area contributed by atoms with Crippen molar-refractivity contribution in [1.29, 1.82) is 0 Å². The van der Waals surface area contributed by atoms with Gasteiger partial charge in [0.1, 0.15) is 5.82 Å². The first-order chi connectivity index (χ1) is 13.6. The lowest BCUT2D eigenvalue weighted by Gasteiger charge is -2.15. The summed E-state index contributed by atoms with van der Waals surface area (Å²) in [6, 6.07) is 19.1. The molecule has 4 nitrogen and oxygen atoms in total. The third-order valence-corrected chi connectivity index (χ3v) is 5.19. The molecule has 1 aliphatic carbocycles. The maximum absolute atomic E-state index is 13.4. The predicted octanol–water partition coefficient (Wildman–Crippen LogP) is 4.59. The summed E-state index contributed by atoms with van der Waals surface area (Å²) in [6.07, 6.45) is 0. The van der Waals surface area contributed by atoms with Crippen LogP contribution in [0, 0.1) is 5.82 Å². The minimum atomic E-state index is -1.00. The fourth-order valence-electron chi connectivity index (χ4n) is 4.02. The SMILES string of the molecule is O=C(O)C1=C(c2ccc3c(c2)OCO3)c2ccccc2C1c1ccc(F)cc1. The largest absolute Gasteiger partial charge is 0.478 e. The van der Waals surface area contributed by atoms with Gasteiger partial charge >= 0.3 is 5.97 Å². The van der Waals surface area contributed by atoms with E-state index in [-0.39, 0.29) is 18.2 Å². The Labute approximate surface area is 160 Å². The quantitative estimate of drug-likeness (QED) is 0.729. The fourth-order valence-corrected chi connectivity index (χ4v) is 4.02. The molecule has 28 heavy (non-hydrogen) atoms. The first-order valence-corrected chi connectivity index (χ1v) is 8.86. The van der Waals surface area contributed by atoms with Crippen LogP contribution in [0.4, 0.5) is 4.39 Å². The molecular weight excluding hydrogens is 359 g/mol. The minimum Gasteiger partial charge on any atom is -0.478 e. The average molecular weight is 374 g/mol. The standard InChI is InChI=1S/C23H15FO4/c24-15-8-5-13(6-9-15)20-16-3-1-2-4-17(16)21(22(20)23(25)26)14-7-10-18-19(11-14)28-12-27-18/h1-11,20H,12H2,(H,25,26). The lowest BCUT2D eigenvalue weighted by Crippen LogP contribution is -2.10. The first kappa shape index (κ1) is 16.6. The monoisotopic (exact) mass is 374 g/mol. The molecule has 0 bridgehead atoms. The molecule has 1 aliphatic heterocycles. The van der Waals surface area contributed by atoms with Crippen LogP contribution in [0.2, 0.25) is 0 Å². The highest BCUT2D eigenvalue weighted by molar-refractivity contribution is 6.06. The second-order valence-electron chi connectivity index (χ2n) is 6.73. The van der Waals surface area contributed by atoms with Gasteiger partial charge in [-0.3, -0.25) is 0 Å². The van der Waals surface area contributed by atoms with Gasteiger partial charge in [-0.25, -0.2) is 9.18 Å². The van der Waals surface area contributed by atoms with E-state index in [9.17, 15) is 14.3 Å². The Bertz CT molecular complexity index is 1130. The smallest absolute Gasteiger partial charge is 0.333 e. The third-order valence-electron chi connectivity index (χ3n) is 5.19. The van der Waals surface area contributed by atoms with Gasteiger partial charge in [-0.15, -0.1) is 0 Å². The van der Waals surface area contributed by atoms with Crippen LogP contribution in [-0.4, -0.2) is 17.9 Å². The Morgan fingerprint density at radius 2 is 1.71 bits per heavy atom. The molecular formula is C23H15FO4. The molecule has 5 rings (SSSR count). The predicted molar refractivity (Wildman–Crippen MR) is 101 cm³/mol. The molecule has 0 radical (unpaired) electrons. The van der Waals surface area contributed by atoms with Crippen molar-refractivity contribution in [2.75, 3.05) is 6.79 Å². The Hall–Kier alpha value is -3.60. The Kier molecular flexibility index (Phi) is 3.69. The van der Waals surface area contributed by atoms with Crippen molar-refractivity contribution in [2.24, 2.45) is 0 Å². The number of benzene rings is 3. The molecule has 0 spiro atoms. The van der Waals surface area contributed by atoms with Crippen molar-refractivity contribution in [3.63, 3.8) is 0 Å². The van der Waals surface area contributed by atoms with Crippen molar-refractivity contribution < 1.29 is 23.8 Å². The number of carboxylic acids is 1. The number of rotatable bonds is 3. The summed E-state index contributed by atoms with van der Waals surface area (Å²) in [5.74, 6) is -0.597. The zero-order chi connectivity index (χ0) is 19.3. The van der Waals surface area contributed by atoms with Gasteiger partial charge in [-0.2, -0.15) is 0 Å².